The molecule has 21 heavy (non-hydrogen) atoms. The average Bonchev–Trinajstić information content (AvgIpc) is 2.48. The lowest BCUT2D eigenvalue weighted by Crippen LogP contribution is -2.31. The Morgan fingerprint density at radius 2 is 2.00 bits per heavy atom. The summed E-state index contributed by atoms with van der Waals surface area (Å²) >= 11 is 3.52. The molecule has 0 saturated heterocycles. The van der Waals surface area contributed by atoms with Crippen LogP contribution < -0.4 is 14.8 Å². The summed E-state index contributed by atoms with van der Waals surface area (Å²) in [5.74, 6) is 1.46. The molecule has 1 rings (SSSR count). The van der Waals surface area contributed by atoms with E-state index in [4.69, 9.17) is 18.9 Å². The van der Waals surface area contributed by atoms with Crippen LogP contribution in [0.4, 0.5) is 0 Å². The van der Waals surface area contributed by atoms with E-state index in [2.05, 4.69) is 21.2 Å². The van der Waals surface area contributed by atoms with Crippen LogP contribution in [0.2, 0.25) is 0 Å². The van der Waals surface area contributed by atoms with Crippen LogP contribution in [0.15, 0.2) is 16.6 Å². The van der Waals surface area contributed by atoms with E-state index in [9.17, 15) is 0 Å². The molecule has 1 aromatic rings. The van der Waals surface area contributed by atoms with Gasteiger partial charge in [-0.1, -0.05) is 0 Å². The van der Waals surface area contributed by atoms with Gasteiger partial charge in [0.2, 0.25) is 0 Å². The van der Waals surface area contributed by atoms with E-state index in [-0.39, 0.29) is 6.10 Å². The smallest absolute Gasteiger partial charge is 0.175 e. The maximum atomic E-state index is 5.58. The zero-order valence-electron chi connectivity index (χ0n) is 13.1. The van der Waals surface area contributed by atoms with E-state index >= 15 is 0 Å². The summed E-state index contributed by atoms with van der Waals surface area (Å²) in [4.78, 5) is 0. The zero-order valence-corrected chi connectivity index (χ0v) is 14.7. The van der Waals surface area contributed by atoms with Crippen LogP contribution in [0.5, 0.6) is 11.5 Å². The normalized spacial score (nSPS) is 12.2. The SMILES string of the molecule is CCOc1c(Br)cc(CNCC(COC)OC)cc1OC. The molecule has 0 fully saturated rings. The number of hydrogen-bond acceptors (Lipinski definition) is 5. The van der Waals surface area contributed by atoms with Crippen molar-refractivity contribution in [1.82, 2.24) is 5.32 Å². The number of ether oxygens (including phenoxy) is 4. The van der Waals surface area contributed by atoms with Gasteiger partial charge in [-0.15, -0.1) is 0 Å². The fourth-order valence-corrected chi connectivity index (χ4v) is 2.54. The van der Waals surface area contributed by atoms with E-state index in [1.807, 2.05) is 19.1 Å². The first-order chi connectivity index (χ1) is 10.2. The molecule has 1 aromatic carbocycles. The fraction of sp³-hybridized carbons (Fsp3) is 0.600. The summed E-state index contributed by atoms with van der Waals surface area (Å²) in [6.07, 6.45) is 0.0445. The summed E-state index contributed by atoms with van der Waals surface area (Å²) in [7, 11) is 4.99. The highest BCUT2D eigenvalue weighted by Gasteiger charge is 2.12. The second-order valence-corrected chi connectivity index (χ2v) is 5.34. The molecule has 1 N–H and O–H groups in total. The topological polar surface area (TPSA) is 49.0 Å². The van der Waals surface area contributed by atoms with Gasteiger partial charge in [0.1, 0.15) is 0 Å². The van der Waals surface area contributed by atoms with Gasteiger partial charge in [-0.3, -0.25) is 0 Å². The summed E-state index contributed by atoms with van der Waals surface area (Å²) < 4.78 is 22.2. The van der Waals surface area contributed by atoms with Gasteiger partial charge in [0.05, 0.1) is 30.9 Å². The number of nitrogens with one attached hydrogen (secondary N) is 1. The predicted molar refractivity (Wildman–Crippen MR) is 86.2 cm³/mol. The summed E-state index contributed by atoms with van der Waals surface area (Å²) in [6, 6.07) is 4.00. The van der Waals surface area contributed by atoms with E-state index in [1.54, 1.807) is 21.3 Å². The van der Waals surface area contributed by atoms with Crippen LogP contribution in [-0.2, 0) is 16.0 Å². The second kappa shape index (κ2) is 10.00. The second-order valence-electron chi connectivity index (χ2n) is 4.49. The largest absolute Gasteiger partial charge is 0.493 e. The van der Waals surface area contributed by atoms with Crippen molar-refractivity contribution in [2.24, 2.45) is 0 Å². The molecule has 1 atom stereocenters. The molecule has 0 heterocycles. The molecule has 120 valence electrons. The van der Waals surface area contributed by atoms with Gasteiger partial charge in [0.15, 0.2) is 11.5 Å². The zero-order chi connectivity index (χ0) is 15.7. The highest BCUT2D eigenvalue weighted by molar-refractivity contribution is 9.10. The maximum absolute atomic E-state index is 5.58. The first kappa shape index (κ1) is 18.2. The van der Waals surface area contributed by atoms with Crippen molar-refractivity contribution in [2.75, 3.05) is 41.1 Å². The molecule has 0 aliphatic rings. The Morgan fingerprint density at radius 3 is 2.57 bits per heavy atom. The van der Waals surface area contributed by atoms with Gasteiger partial charge in [-0.25, -0.2) is 0 Å². The molecule has 0 aliphatic carbocycles. The summed E-state index contributed by atoms with van der Waals surface area (Å²) in [6.45, 7) is 4.54. The third-order valence-corrected chi connectivity index (χ3v) is 3.55. The molecule has 0 aliphatic heterocycles. The minimum atomic E-state index is 0.0445. The number of methoxy groups -OCH3 is 3. The Kier molecular flexibility index (Phi) is 8.68. The molecule has 5 nitrogen and oxygen atoms in total. The van der Waals surface area contributed by atoms with Crippen LogP contribution in [0.1, 0.15) is 12.5 Å². The Labute approximate surface area is 135 Å². The molecule has 0 aromatic heterocycles. The van der Waals surface area contributed by atoms with Crippen LogP contribution >= 0.6 is 15.9 Å². The molecular formula is C15H24BrNO4. The summed E-state index contributed by atoms with van der Waals surface area (Å²) in [5.41, 5.74) is 1.11. The number of rotatable bonds is 10. The van der Waals surface area contributed by atoms with Crippen molar-refractivity contribution in [3.63, 3.8) is 0 Å². The van der Waals surface area contributed by atoms with Crippen molar-refractivity contribution in [2.45, 2.75) is 19.6 Å². The van der Waals surface area contributed by atoms with Gasteiger partial charge >= 0.3 is 0 Å². The lowest BCUT2D eigenvalue weighted by Gasteiger charge is -2.16. The molecule has 0 spiro atoms. The van der Waals surface area contributed by atoms with E-state index in [1.165, 1.54) is 0 Å². The lowest BCUT2D eigenvalue weighted by atomic mass is 10.2. The number of halogens is 1. The molecule has 1 unspecified atom stereocenters. The highest BCUT2D eigenvalue weighted by Crippen LogP contribution is 2.36. The van der Waals surface area contributed by atoms with Crippen LogP contribution in [0.25, 0.3) is 0 Å². The van der Waals surface area contributed by atoms with Gasteiger partial charge in [0, 0.05) is 27.3 Å². The number of benzene rings is 1. The van der Waals surface area contributed by atoms with Crippen LogP contribution in [0.3, 0.4) is 0 Å². The predicted octanol–water partition coefficient (Wildman–Crippen LogP) is 2.61. The van der Waals surface area contributed by atoms with Crippen molar-refractivity contribution < 1.29 is 18.9 Å². The molecule has 0 bridgehead atoms. The fourth-order valence-electron chi connectivity index (χ4n) is 1.93. The average molecular weight is 362 g/mol. The molecule has 0 saturated carbocycles. The minimum absolute atomic E-state index is 0.0445. The lowest BCUT2D eigenvalue weighted by molar-refractivity contribution is 0.0288. The number of hydrogen-bond donors (Lipinski definition) is 1. The van der Waals surface area contributed by atoms with E-state index in [0.29, 0.717) is 19.8 Å². The van der Waals surface area contributed by atoms with Gasteiger partial charge < -0.3 is 24.3 Å². The summed E-state index contributed by atoms with van der Waals surface area (Å²) in [5, 5.41) is 3.35. The molecule has 0 amide bonds. The van der Waals surface area contributed by atoms with Gasteiger partial charge in [-0.05, 0) is 40.5 Å². The third kappa shape index (κ3) is 5.82. The van der Waals surface area contributed by atoms with Crippen molar-refractivity contribution in [3.8, 4) is 11.5 Å². The first-order valence-electron chi connectivity index (χ1n) is 6.87. The molecule has 6 heteroatoms. The Bertz CT molecular complexity index is 428. The van der Waals surface area contributed by atoms with Crippen LogP contribution in [0, 0.1) is 0 Å². The first-order valence-corrected chi connectivity index (χ1v) is 7.67. The van der Waals surface area contributed by atoms with E-state index in [0.717, 1.165) is 28.1 Å². The Morgan fingerprint density at radius 1 is 1.24 bits per heavy atom. The van der Waals surface area contributed by atoms with Gasteiger partial charge in [0.25, 0.3) is 0 Å². The standard InChI is InChI=1S/C15H24BrNO4/c1-5-21-15-13(16)6-11(7-14(15)20-4)8-17-9-12(19-3)10-18-2/h6-7,12,17H,5,8-10H2,1-4H3. The van der Waals surface area contributed by atoms with Crippen molar-refractivity contribution in [1.29, 1.82) is 0 Å². The van der Waals surface area contributed by atoms with E-state index < -0.39 is 0 Å². The monoisotopic (exact) mass is 361 g/mol. The highest BCUT2D eigenvalue weighted by atomic mass is 79.9. The van der Waals surface area contributed by atoms with Crippen LogP contribution in [-0.4, -0.2) is 47.2 Å². The van der Waals surface area contributed by atoms with Crippen molar-refractivity contribution in [3.05, 3.63) is 22.2 Å². The third-order valence-electron chi connectivity index (χ3n) is 2.96. The Hall–Kier alpha value is -0.820. The molecular weight excluding hydrogens is 338 g/mol. The van der Waals surface area contributed by atoms with Gasteiger partial charge in [-0.2, -0.15) is 0 Å². The van der Waals surface area contributed by atoms with Crippen molar-refractivity contribution >= 4 is 15.9 Å². The quantitative estimate of drug-likeness (QED) is 0.694. The minimum Gasteiger partial charge on any atom is -0.493 e. The Balaban J connectivity index is 2.65. The maximum Gasteiger partial charge on any atom is 0.175 e. The molecule has 0 radical (unpaired) electrons.